The van der Waals surface area contributed by atoms with Crippen LogP contribution in [-0.2, 0) is 16.1 Å². The summed E-state index contributed by atoms with van der Waals surface area (Å²) in [6.45, 7) is 8.07. The lowest BCUT2D eigenvalue weighted by atomic mass is 9.87. The minimum Gasteiger partial charge on any atom is -0.371 e. The fourth-order valence-electron chi connectivity index (χ4n) is 3.70. The van der Waals surface area contributed by atoms with Crippen molar-refractivity contribution < 1.29 is 13.9 Å². The Morgan fingerprint density at radius 3 is 2.88 bits per heavy atom. The van der Waals surface area contributed by atoms with Gasteiger partial charge in [0.15, 0.2) is 0 Å². The van der Waals surface area contributed by atoms with E-state index in [0.29, 0.717) is 18.2 Å². The molecule has 0 aromatic heterocycles. The van der Waals surface area contributed by atoms with Crippen molar-refractivity contribution in [3.05, 3.63) is 34.6 Å². The molecule has 1 unspecified atom stereocenters. The van der Waals surface area contributed by atoms with Gasteiger partial charge in [-0.25, -0.2) is 4.39 Å². The van der Waals surface area contributed by atoms with Crippen LogP contribution in [0.3, 0.4) is 0 Å². The Labute approximate surface area is 147 Å². The van der Waals surface area contributed by atoms with Crippen LogP contribution in [0.4, 0.5) is 4.39 Å². The van der Waals surface area contributed by atoms with Gasteiger partial charge < -0.3 is 9.64 Å². The topological polar surface area (TPSA) is 32.8 Å². The second kappa shape index (κ2) is 6.98. The van der Waals surface area contributed by atoms with Gasteiger partial charge in [-0.2, -0.15) is 0 Å². The molecule has 0 saturated carbocycles. The molecule has 0 aliphatic carbocycles. The van der Waals surface area contributed by atoms with Gasteiger partial charge in [-0.3, -0.25) is 9.69 Å². The zero-order chi connectivity index (χ0) is 17.3. The van der Waals surface area contributed by atoms with Crippen molar-refractivity contribution in [2.75, 3.05) is 32.8 Å². The number of carbonyl (C=O) groups is 1. The highest BCUT2D eigenvalue weighted by Gasteiger charge is 2.43. The lowest BCUT2D eigenvalue weighted by Gasteiger charge is -2.34. The van der Waals surface area contributed by atoms with E-state index in [0.717, 1.165) is 31.6 Å². The summed E-state index contributed by atoms with van der Waals surface area (Å²) in [5.74, 6) is -0.244. The summed E-state index contributed by atoms with van der Waals surface area (Å²) in [6, 6.07) is 4.73. The van der Waals surface area contributed by atoms with Crippen molar-refractivity contribution in [3.63, 3.8) is 0 Å². The standard InChI is InChI=1S/C18H24ClFN2O2/c1-13(2)22-11-18(12-24-9-17(22)23)5-6-21(10-18)8-14-3-4-15(20)7-16(14)19/h3-4,7,13H,5-6,8-12H2,1-2H3. The van der Waals surface area contributed by atoms with E-state index >= 15 is 0 Å². The van der Waals surface area contributed by atoms with Crippen LogP contribution < -0.4 is 0 Å². The first-order chi connectivity index (χ1) is 11.4. The maximum Gasteiger partial charge on any atom is 0.248 e. The normalized spacial score (nSPS) is 25.7. The Morgan fingerprint density at radius 2 is 2.17 bits per heavy atom. The number of amides is 1. The number of halogens is 2. The van der Waals surface area contributed by atoms with Crippen molar-refractivity contribution in [2.24, 2.45) is 5.41 Å². The fraction of sp³-hybridized carbons (Fsp3) is 0.611. The van der Waals surface area contributed by atoms with Crippen molar-refractivity contribution in [1.82, 2.24) is 9.80 Å². The summed E-state index contributed by atoms with van der Waals surface area (Å²) in [7, 11) is 0. The summed E-state index contributed by atoms with van der Waals surface area (Å²) in [4.78, 5) is 16.4. The molecule has 1 spiro atoms. The predicted molar refractivity (Wildman–Crippen MR) is 91.4 cm³/mol. The number of hydrogen-bond donors (Lipinski definition) is 0. The van der Waals surface area contributed by atoms with E-state index in [2.05, 4.69) is 4.90 Å². The Bertz CT molecular complexity index is 625. The lowest BCUT2D eigenvalue weighted by Crippen LogP contribution is -2.45. The second-order valence-corrected chi connectivity index (χ2v) is 7.71. The van der Waals surface area contributed by atoms with Crippen LogP contribution in [0.5, 0.6) is 0 Å². The number of benzene rings is 1. The van der Waals surface area contributed by atoms with Crippen LogP contribution in [0.15, 0.2) is 18.2 Å². The number of carbonyl (C=O) groups excluding carboxylic acids is 1. The minimum atomic E-state index is -0.315. The summed E-state index contributed by atoms with van der Waals surface area (Å²) >= 11 is 6.15. The maximum absolute atomic E-state index is 13.2. The minimum absolute atomic E-state index is 0.0249. The number of rotatable bonds is 3. The monoisotopic (exact) mass is 354 g/mol. The zero-order valence-corrected chi connectivity index (χ0v) is 15.0. The first kappa shape index (κ1) is 17.6. The van der Waals surface area contributed by atoms with Gasteiger partial charge in [0.1, 0.15) is 12.4 Å². The third-order valence-corrected chi connectivity index (χ3v) is 5.36. The molecule has 3 rings (SSSR count). The summed E-state index contributed by atoms with van der Waals surface area (Å²) < 4.78 is 18.9. The molecule has 2 fully saturated rings. The summed E-state index contributed by atoms with van der Waals surface area (Å²) in [5.41, 5.74) is 0.907. The van der Waals surface area contributed by atoms with Crippen molar-refractivity contribution in [3.8, 4) is 0 Å². The van der Waals surface area contributed by atoms with Crippen LogP contribution in [0.1, 0.15) is 25.8 Å². The Morgan fingerprint density at radius 1 is 1.38 bits per heavy atom. The molecule has 1 aromatic carbocycles. The van der Waals surface area contributed by atoms with Crippen LogP contribution in [0.2, 0.25) is 5.02 Å². The molecule has 0 bridgehead atoms. The predicted octanol–water partition coefficient (Wildman–Crippen LogP) is 2.94. The third kappa shape index (κ3) is 3.73. The van der Waals surface area contributed by atoms with Gasteiger partial charge in [-0.05, 0) is 44.5 Å². The van der Waals surface area contributed by atoms with Gasteiger partial charge in [0.25, 0.3) is 0 Å². The Balaban J connectivity index is 1.70. The Kier molecular flexibility index (Phi) is 5.13. The summed E-state index contributed by atoms with van der Waals surface area (Å²) in [6.07, 6.45) is 0.988. The lowest BCUT2D eigenvalue weighted by molar-refractivity contribution is -0.135. The molecular weight excluding hydrogens is 331 g/mol. The van der Waals surface area contributed by atoms with Crippen molar-refractivity contribution in [2.45, 2.75) is 32.9 Å². The van der Waals surface area contributed by atoms with E-state index in [9.17, 15) is 9.18 Å². The molecule has 4 nitrogen and oxygen atoms in total. The first-order valence-corrected chi connectivity index (χ1v) is 8.80. The molecule has 2 aliphatic heterocycles. The van der Waals surface area contributed by atoms with Gasteiger partial charge in [-0.15, -0.1) is 0 Å². The van der Waals surface area contributed by atoms with Crippen LogP contribution in [0, 0.1) is 11.2 Å². The SMILES string of the molecule is CC(C)N1CC2(CCN(Cc3ccc(F)cc3Cl)C2)COCC1=O. The average molecular weight is 355 g/mol. The van der Waals surface area contributed by atoms with E-state index in [1.54, 1.807) is 6.07 Å². The number of hydrogen-bond acceptors (Lipinski definition) is 3. The van der Waals surface area contributed by atoms with Gasteiger partial charge in [0.05, 0.1) is 6.61 Å². The highest BCUT2D eigenvalue weighted by molar-refractivity contribution is 6.31. The molecule has 6 heteroatoms. The number of nitrogens with zero attached hydrogens (tertiary/aromatic N) is 2. The van der Waals surface area contributed by atoms with Crippen LogP contribution in [0.25, 0.3) is 0 Å². The highest BCUT2D eigenvalue weighted by Crippen LogP contribution is 2.35. The van der Waals surface area contributed by atoms with E-state index in [-0.39, 0.29) is 29.8 Å². The Hall–Kier alpha value is -1.17. The van der Waals surface area contributed by atoms with E-state index in [4.69, 9.17) is 16.3 Å². The highest BCUT2D eigenvalue weighted by atomic mass is 35.5. The van der Waals surface area contributed by atoms with E-state index in [1.165, 1.54) is 12.1 Å². The molecule has 2 saturated heterocycles. The molecule has 2 heterocycles. The fourth-order valence-corrected chi connectivity index (χ4v) is 3.93. The molecule has 24 heavy (non-hydrogen) atoms. The molecule has 0 radical (unpaired) electrons. The zero-order valence-electron chi connectivity index (χ0n) is 14.2. The molecule has 1 atom stereocenters. The first-order valence-electron chi connectivity index (χ1n) is 8.42. The molecule has 0 N–H and O–H groups in total. The third-order valence-electron chi connectivity index (χ3n) is 5.01. The quantitative estimate of drug-likeness (QED) is 0.836. The second-order valence-electron chi connectivity index (χ2n) is 7.30. The molecule has 1 amide bonds. The smallest absolute Gasteiger partial charge is 0.248 e. The van der Waals surface area contributed by atoms with Gasteiger partial charge in [-0.1, -0.05) is 17.7 Å². The molecule has 1 aromatic rings. The summed E-state index contributed by atoms with van der Waals surface area (Å²) in [5, 5.41) is 0.465. The van der Waals surface area contributed by atoms with Gasteiger partial charge in [0.2, 0.25) is 5.91 Å². The van der Waals surface area contributed by atoms with Gasteiger partial charge >= 0.3 is 0 Å². The van der Waals surface area contributed by atoms with Gasteiger partial charge in [0, 0.05) is 36.1 Å². The molecular formula is C18H24ClFN2O2. The van der Waals surface area contributed by atoms with E-state index in [1.807, 2.05) is 18.7 Å². The van der Waals surface area contributed by atoms with Crippen molar-refractivity contribution >= 4 is 17.5 Å². The van der Waals surface area contributed by atoms with Crippen LogP contribution >= 0.6 is 11.6 Å². The average Bonchev–Trinajstić information content (AvgIpc) is 2.82. The molecule has 2 aliphatic rings. The number of ether oxygens (including phenoxy) is 1. The molecule has 132 valence electrons. The largest absolute Gasteiger partial charge is 0.371 e. The van der Waals surface area contributed by atoms with Crippen molar-refractivity contribution in [1.29, 1.82) is 0 Å². The van der Waals surface area contributed by atoms with E-state index < -0.39 is 0 Å². The number of likely N-dealkylation sites (tertiary alicyclic amines) is 1. The maximum atomic E-state index is 13.2. The van der Waals surface area contributed by atoms with Crippen LogP contribution in [-0.4, -0.2) is 54.6 Å².